The van der Waals surface area contributed by atoms with Crippen molar-refractivity contribution < 1.29 is 9.90 Å². The fraction of sp³-hybridized carbons (Fsp3) is 0. The van der Waals surface area contributed by atoms with Crippen LogP contribution >= 0.6 is 22.6 Å². The van der Waals surface area contributed by atoms with Crippen molar-refractivity contribution in [1.82, 2.24) is 4.98 Å². The van der Waals surface area contributed by atoms with E-state index < -0.39 is 5.97 Å². The minimum atomic E-state index is -1.13. The second-order valence-electron chi connectivity index (χ2n) is 3.01. The Morgan fingerprint density at radius 1 is 1.40 bits per heavy atom. The zero-order valence-electron chi connectivity index (χ0n) is 7.45. The Morgan fingerprint density at radius 2 is 2.13 bits per heavy atom. The number of aromatic carboxylic acids is 1. The Balaban J connectivity index is 2.92. The van der Waals surface area contributed by atoms with Gasteiger partial charge in [-0.25, -0.2) is 4.79 Å². The predicted molar refractivity (Wildman–Crippen MR) is 64.2 cm³/mol. The van der Waals surface area contributed by atoms with Gasteiger partial charge in [0.25, 0.3) is 0 Å². The molecule has 2 aromatic rings. The molecule has 0 atom stereocenters. The molecule has 0 aliphatic heterocycles. The summed E-state index contributed by atoms with van der Waals surface area (Å²) in [5.41, 5.74) is 0.208. The van der Waals surface area contributed by atoms with Crippen LogP contribution in [-0.4, -0.2) is 16.1 Å². The van der Waals surface area contributed by atoms with Gasteiger partial charge in [0.05, 0.1) is 5.52 Å². The summed E-state index contributed by atoms with van der Waals surface area (Å²) in [4.78, 5) is 25.0. The maximum atomic E-state index is 11.6. The number of fused-ring (bicyclic) bond motifs is 1. The molecule has 1 aromatic carbocycles. The van der Waals surface area contributed by atoms with Crippen molar-refractivity contribution in [3.8, 4) is 0 Å². The lowest BCUT2D eigenvalue weighted by atomic mass is 10.2. The first-order valence-corrected chi connectivity index (χ1v) is 5.22. The first-order chi connectivity index (χ1) is 7.09. The summed E-state index contributed by atoms with van der Waals surface area (Å²) in [5, 5.41) is 9.29. The monoisotopic (exact) mass is 315 g/mol. The molecule has 0 fully saturated rings. The molecular weight excluding hydrogens is 309 g/mol. The highest BCUT2D eigenvalue weighted by Crippen LogP contribution is 2.15. The van der Waals surface area contributed by atoms with Gasteiger partial charge < -0.3 is 10.1 Å². The number of halogens is 1. The van der Waals surface area contributed by atoms with Gasteiger partial charge in [0.1, 0.15) is 5.69 Å². The summed E-state index contributed by atoms with van der Waals surface area (Å²) < 4.78 is 0.824. The van der Waals surface area contributed by atoms with Gasteiger partial charge in [-0.15, -0.1) is 0 Å². The van der Waals surface area contributed by atoms with Gasteiger partial charge in [0.2, 0.25) is 0 Å². The highest BCUT2D eigenvalue weighted by molar-refractivity contribution is 14.1. The van der Waals surface area contributed by atoms with Crippen molar-refractivity contribution in [3.63, 3.8) is 0 Å². The first-order valence-electron chi connectivity index (χ1n) is 4.14. The number of aromatic nitrogens is 1. The van der Waals surface area contributed by atoms with E-state index in [1.165, 1.54) is 0 Å². The summed E-state index contributed by atoms with van der Waals surface area (Å²) in [6, 6.07) is 6.34. The predicted octanol–water partition coefficient (Wildman–Crippen LogP) is 1.83. The van der Waals surface area contributed by atoms with Crippen molar-refractivity contribution in [2.45, 2.75) is 0 Å². The van der Waals surface area contributed by atoms with E-state index in [4.69, 9.17) is 5.11 Å². The van der Waals surface area contributed by atoms with Crippen molar-refractivity contribution in [1.29, 1.82) is 0 Å². The van der Waals surface area contributed by atoms with Gasteiger partial charge in [-0.1, -0.05) is 6.07 Å². The Kier molecular flexibility index (Phi) is 2.47. The molecule has 0 amide bonds. The van der Waals surface area contributed by atoms with Crippen molar-refractivity contribution in [2.75, 3.05) is 0 Å². The van der Waals surface area contributed by atoms with E-state index in [9.17, 15) is 9.59 Å². The molecule has 1 heterocycles. The van der Waals surface area contributed by atoms with Crippen molar-refractivity contribution in [3.05, 3.63) is 43.8 Å². The molecule has 0 saturated heterocycles. The van der Waals surface area contributed by atoms with Gasteiger partial charge in [0, 0.05) is 15.0 Å². The van der Waals surface area contributed by atoms with E-state index in [1.54, 1.807) is 12.1 Å². The normalized spacial score (nSPS) is 10.5. The van der Waals surface area contributed by atoms with Crippen molar-refractivity contribution >= 4 is 39.5 Å². The summed E-state index contributed by atoms with van der Waals surface area (Å²) in [7, 11) is 0. The summed E-state index contributed by atoms with van der Waals surface area (Å²) in [6.07, 6.45) is 0. The highest BCUT2D eigenvalue weighted by Gasteiger charge is 2.08. The largest absolute Gasteiger partial charge is 0.477 e. The molecule has 0 bridgehead atoms. The maximum absolute atomic E-state index is 11.6. The summed E-state index contributed by atoms with van der Waals surface area (Å²) in [5.74, 6) is -1.13. The van der Waals surface area contributed by atoms with Crippen LogP contribution in [0.4, 0.5) is 0 Å². The number of aromatic amines is 1. The minimum Gasteiger partial charge on any atom is -0.477 e. The average molecular weight is 315 g/mol. The van der Waals surface area contributed by atoms with E-state index in [-0.39, 0.29) is 11.1 Å². The molecule has 0 spiro atoms. The average Bonchev–Trinajstić information content (AvgIpc) is 2.19. The Labute approximate surface area is 98.1 Å². The number of nitrogens with one attached hydrogen (secondary N) is 1. The zero-order chi connectivity index (χ0) is 11.0. The molecule has 15 heavy (non-hydrogen) atoms. The molecule has 5 heteroatoms. The van der Waals surface area contributed by atoms with Gasteiger partial charge in [-0.3, -0.25) is 4.79 Å². The summed E-state index contributed by atoms with van der Waals surface area (Å²) >= 11 is 2.05. The Bertz CT molecular complexity index is 603. The van der Waals surface area contributed by atoms with Crippen LogP contribution in [-0.2, 0) is 0 Å². The molecule has 0 unspecified atom stereocenters. The molecular formula is C10H6INO3. The van der Waals surface area contributed by atoms with Crippen LogP contribution in [0.5, 0.6) is 0 Å². The third-order valence-electron chi connectivity index (χ3n) is 2.04. The summed E-state index contributed by atoms with van der Waals surface area (Å²) in [6.45, 7) is 0. The maximum Gasteiger partial charge on any atom is 0.352 e. The quantitative estimate of drug-likeness (QED) is 0.789. The molecule has 2 N–H and O–H groups in total. The fourth-order valence-corrected chi connectivity index (χ4v) is 1.98. The Morgan fingerprint density at radius 3 is 2.80 bits per heavy atom. The van der Waals surface area contributed by atoms with Gasteiger partial charge >= 0.3 is 5.97 Å². The molecule has 0 aliphatic rings. The highest BCUT2D eigenvalue weighted by atomic mass is 127. The van der Waals surface area contributed by atoms with Crippen molar-refractivity contribution in [2.24, 2.45) is 0 Å². The molecule has 0 radical (unpaired) electrons. The third kappa shape index (κ3) is 1.74. The molecule has 0 aliphatic carbocycles. The number of H-pyrrole nitrogens is 1. The van der Waals surface area contributed by atoms with E-state index in [0.717, 1.165) is 9.64 Å². The standard InChI is InChI=1S/C10H6INO3/c11-6-3-1-2-5-8(13)4-7(10(14)15)12-9(5)6/h1-4H,(H,12,13)(H,14,15). The number of carbonyl (C=O) groups is 1. The second kappa shape index (κ2) is 3.65. The van der Waals surface area contributed by atoms with E-state index in [0.29, 0.717) is 10.9 Å². The SMILES string of the molecule is O=C(O)c1cc(=O)c2cccc(I)c2[nH]1. The van der Waals surface area contributed by atoms with Crippen LogP contribution < -0.4 is 5.43 Å². The Hall–Kier alpha value is -1.37. The van der Waals surface area contributed by atoms with Crippen LogP contribution in [0, 0.1) is 3.57 Å². The third-order valence-corrected chi connectivity index (χ3v) is 2.94. The van der Waals surface area contributed by atoms with Crippen LogP contribution in [0.25, 0.3) is 10.9 Å². The van der Waals surface area contributed by atoms with Crippen LogP contribution in [0.15, 0.2) is 29.1 Å². The lowest BCUT2D eigenvalue weighted by molar-refractivity contribution is 0.0691. The smallest absolute Gasteiger partial charge is 0.352 e. The number of hydrogen-bond acceptors (Lipinski definition) is 2. The number of benzene rings is 1. The van der Waals surface area contributed by atoms with Gasteiger partial charge in [-0.05, 0) is 34.7 Å². The molecule has 4 nitrogen and oxygen atoms in total. The van der Waals surface area contributed by atoms with Crippen LogP contribution in [0.1, 0.15) is 10.5 Å². The first kappa shape index (κ1) is 10.2. The second-order valence-corrected chi connectivity index (χ2v) is 4.18. The number of carboxylic acid groups (broad SMARTS) is 1. The number of hydrogen-bond donors (Lipinski definition) is 2. The number of rotatable bonds is 1. The van der Waals surface area contributed by atoms with Gasteiger partial charge in [-0.2, -0.15) is 0 Å². The van der Waals surface area contributed by atoms with Crippen LogP contribution in [0.3, 0.4) is 0 Å². The topological polar surface area (TPSA) is 70.2 Å². The number of pyridine rings is 1. The zero-order valence-corrected chi connectivity index (χ0v) is 9.61. The fourth-order valence-electron chi connectivity index (χ4n) is 1.35. The lowest BCUT2D eigenvalue weighted by Gasteiger charge is -2.01. The van der Waals surface area contributed by atoms with Gasteiger partial charge in [0.15, 0.2) is 5.43 Å². The molecule has 0 saturated carbocycles. The molecule has 1 aromatic heterocycles. The van der Waals surface area contributed by atoms with E-state index in [1.807, 2.05) is 6.07 Å². The molecule has 76 valence electrons. The molecule has 2 rings (SSSR count). The lowest BCUT2D eigenvalue weighted by Crippen LogP contribution is -2.09. The number of para-hydroxylation sites is 1. The van der Waals surface area contributed by atoms with E-state index >= 15 is 0 Å². The van der Waals surface area contributed by atoms with E-state index in [2.05, 4.69) is 27.6 Å². The number of carboxylic acids is 1. The minimum absolute atomic E-state index is 0.0865. The van der Waals surface area contributed by atoms with Crippen LogP contribution in [0.2, 0.25) is 0 Å².